The lowest BCUT2D eigenvalue weighted by molar-refractivity contribution is -0.119. The molecule has 1 aromatic carbocycles. The second-order valence-electron chi connectivity index (χ2n) is 5.79. The van der Waals surface area contributed by atoms with E-state index in [-0.39, 0.29) is 23.8 Å². The van der Waals surface area contributed by atoms with Crippen LogP contribution in [0.4, 0.5) is 0 Å². The summed E-state index contributed by atoms with van der Waals surface area (Å²) in [7, 11) is 0. The summed E-state index contributed by atoms with van der Waals surface area (Å²) < 4.78 is 5.23. The van der Waals surface area contributed by atoms with Gasteiger partial charge in [0, 0.05) is 36.6 Å². The van der Waals surface area contributed by atoms with E-state index in [0.717, 1.165) is 5.56 Å². The van der Waals surface area contributed by atoms with Gasteiger partial charge in [0.15, 0.2) is 12.2 Å². The average molecular weight is 297 g/mol. The van der Waals surface area contributed by atoms with Gasteiger partial charge in [-0.25, -0.2) is 4.98 Å². The highest BCUT2D eigenvalue weighted by molar-refractivity contribution is 5.95. The predicted molar refractivity (Wildman–Crippen MR) is 77.9 cm³/mol. The molecule has 0 aliphatic carbocycles. The average Bonchev–Trinajstić information content (AvgIpc) is 3.22. The van der Waals surface area contributed by atoms with Gasteiger partial charge in [-0.1, -0.05) is 12.1 Å². The molecule has 0 saturated carbocycles. The van der Waals surface area contributed by atoms with Gasteiger partial charge in [-0.2, -0.15) is 0 Å². The van der Waals surface area contributed by atoms with Crippen molar-refractivity contribution >= 4 is 11.8 Å². The van der Waals surface area contributed by atoms with Gasteiger partial charge in [0.05, 0.1) is 12.2 Å². The molecular weight excluding hydrogens is 282 g/mol. The van der Waals surface area contributed by atoms with E-state index < -0.39 is 0 Å². The van der Waals surface area contributed by atoms with Gasteiger partial charge in [0.2, 0.25) is 5.91 Å². The van der Waals surface area contributed by atoms with E-state index in [1.165, 1.54) is 6.39 Å². The van der Waals surface area contributed by atoms with Crippen LogP contribution < -0.4 is 5.32 Å². The maximum absolute atomic E-state index is 12.5. The molecule has 2 fully saturated rings. The van der Waals surface area contributed by atoms with Crippen LogP contribution in [-0.4, -0.2) is 40.8 Å². The van der Waals surface area contributed by atoms with Crippen LogP contribution in [0.15, 0.2) is 41.3 Å². The number of fused-ring (bicyclic) bond motifs is 1. The molecule has 1 aromatic heterocycles. The number of aromatic nitrogens is 1. The van der Waals surface area contributed by atoms with E-state index in [2.05, 4.69) is 10.3 Å². The van der Waals surface area contributed by atoms with Crippen LogP contribution in [0.25, 0.3) is 11.3 Å². The van der Waals surface area contributed by atoms with E-state index in [1.54, 1.807) is 18.3 Å². The maximum Gasteiger partial charge on any atom is 0.253 e. The minimum atomic E-state index is 0.00719. The Balaban J connectivity index is 1.48. The Hall–Kier alpha value is -2.63. The zero-order valence-electron chi connectivity index (χ0n) is 11.9. The van der Waals surface area contributed by atoms with Crippen LogP contribution in [0.1, 0.15) is 16.8 Å². The highest BCUT2D eigenvalue weighted by Gasteiger charge is 2.41. The summed E-state index contributed by atoms with van der Waals surface area (Å²) in [5.74, 6) is 1.04. The second kappa shape index (κ2) is 4.98. The summed E-state index contributed by atoms with van der Waals surface area (Å²) in [5, 5.41) is 2.93. The Kier molecular flexibility index (Phi) is 2.96. The molecule has 2 atom stereocenters. The number of hydrogen-bond donors (Lipinski definition) is 1. The maximum atomic E-state index is 12.5. The van der Waals surface area contributed by atoms with E-state index in [1.807, 2.05) is 17.0 Å². The number of carbonyl (C=O) groups is 2. The minimum absolute atomic E-state index is 0.00719. The summed E-state index contributed by atoms with van der Waals surface area (Å²) in [5.41, 5.74) is 1.54. The third-order valence-corrected chi connectivity index (χ3v) is 4.37. The molecule has 22 heavy (non-hydrogen) atoms. The van der Waals surface area contributed by atoms with Crippen LogP contribution in [0.2, 0.25) is 0 Å². The van der Waals surface area contributed by atoms with Crippen molar-refractivity contribution in [2.45, 2.75) is 12.5 Å². The largest absolute Gasteiger partial charge is 0.444 e. The number of rotatable bonds is 2. The van der Waals surface area contributed by atoms with Crippen molar-refractivity contribution in [3.8, 4) is 11.3 Å². The van der Waals surface area contributed by atoms with Crippen LogP contribution in [0.3, 0.4) is 0 Å². The van der Waals surface area contributed by atoms with Gasteiger partial charge >= 0.3 is 0 Å². The van der Waals surface area contributed by atoms with Gasteiger partial charge in [0.25, 0.3) is 5.91 Å². The van der Waals surface area contributed by atoms with Gasteiger partial charge in [-0.15, -0.1) is 0 Å². The molecule has 1 N–H and O–H groups in total. The van der Waals surface area contributed by atoms with E-state index >= 15 is 0 Å². The summed E-state index contributed by atoms with van der Waals surface area (Å²) in [6.07, 6.45) is 3.55. The molecule has 0 radical (unpaired) electrons. The lowest BCUT2D eigenvalue weighted by Gasteiger charge is -2.17. The zero-order chi connectivity index (χ0) is 15.1. The first-order valence-corrected chi connectivity index (χ1v) is 7.28. The third kappa shape index (κ3) is 2.16. The van der Waals surface area contributed by atoms with E-state index in [0.29, 0.717) is 30.8 Å². The van der Waals surface area contributed by atoms with Crippen LogP contribution in [0, 0.1) is 5.92 Å². The molecule has 2 amide bonds. The standard InChI is InChI=1S/C16H15N3O3/c20-15-5-12-7-19(8-13(12)18-15)16(21)11-3-1-10(2-4-11)14-6-17-9-22-14/h1-4,6,9,12-13H,5,7-8H2,(H,18,20)/t12-,13+/m0/s1. The van der Waals surface area contributed by atoms with Crippen molar-refractivity contribution < 1.29 is 14.0 Å². The van der Waals surface area contributed by atoms with Gasteiger partial charge in [0.1, 0.15) is 0 Å². The second-order valence-corrected chi connectivity index (χ2v) is 5.79. The molecule has 2 saturated heterocycles. The molecular formula is C16H15N3O3. The molecule has 2 aliphatic heterocycles. The Morgan fingerprint density at radius 2 is 2.09 bits per heavy atom. The van der Waals surface area contributed by atoms with Gasteiger partial charge in [-0.3, -0.25) is 9.59 Å². The highest BCUT2D eigenvalue weighted by atomic mass is 16.3. The molecule has 112 valence electrons. The quantitative estimate of drug-likeness (QED) is 0.906. The number of nitrogens with zero attached hydrogens (tertiary/aromatic N) is 2. The molecule has 3 heterocycles. The van der Waals surface area contributed by atoms with Gasteiger partial charge in [-0.05, 0) is 12.1 Å². The number of likely N-dealkylation sites (tertiary alicyclic amines) is 1. The Labute approximate surface area is 127 Å². The highest BCUT2D eigenvalue weighted by Crippen LogP contribution is 2.27. The molecule has 6 heteroatoms. The fraction of sp³-hybridized carbons (Fsp3) is 0.312. The Bertz CT molecular complexity index is 693. The fourth-order valence-electron chi connectivity index (χ4n) is 3.23. The van der Waals surface area contributed by atoms with Gasteiger partial charge < -0.3 is 14.6 Å². The normalized spacial score (nSPS) is 23.5. The summed E-state index contributed by atoms with van der Waals surface area (Å²) in [6.45, 7) is 1.24. The van der Waals surface area contributed by atoms with Crippen molar-refractivity contribution in [1.82, 2.24) is 15.2 Å². The first kappa shape index (κ1) is 13.1. The first-order valence-electron chi connectivity index (χ1n) is 7.28. The van der Waals surface area contributed by atoms with Crippen LogP contribution in [0.5, 0.6) is 0 Å². The van der Waals surface area contributed by atoms with E-state index in [4.69, 9.17) is 4.42 Å². The lowest BCUT2D eigenvalue weighted by atomic mass is 10.1. The fourth-order valence-corrected chi connectivity index (χ4v) is 3.23. The van der Waals surface area contributed by atoms with Crippen molar-refractivity contribution in [3.63, 3.8) is 0 Å². The van der Waals surface area contributed by atoms with Crippen molar-refractivity contribution in [2.75, 3.05) is 13.1 Å². The molecule has 2 aliphatic rings. The molecule has 0 spiro atoms. The van der Waals surface area contributed by atoms with Crippen LogP contribution >= 0.6 is 0 Å². The third-order valence-electron chi connectivity index (χ3n) is 4.37. The molecule has 4 rings (SSSR count). The topological polar surface area (TPSA) is 75.4 Å². The summed E-state index contributed by atoms with van der Waals surface area (Å²) >= 11 is 0. The number of amides is 2. The minimum Gasteiger partial charge on any atom is -0.444 e. The number of carbonyl (C=O) groups excluding carboxylic acids is 2. The SMILES string of the molecule is O=C1C[C@H]2CN(C(=O)c3ccc(-c4cnco4)cc3)C[C@H]2N1. The smallest absolute Gasteiger partial charge is 0.253 e. The first-order chi connectivity index (χ1) is 10.7. The van der Waals surface area contributed by atoms with Crippen molar-refractivity contribution in [1.29, 1.82) is 0 Å². The Morgan fingerprint density at radius 1 is 1.27 bits per heavy atom. The number of nitrogens with one attached hydrogen (secondary N) is 1. The van der Waals surface area contributed by atoms with Crippen molar-refractivity contribution in [3.05, 3.63) is 42.4 Å². The number of benzene rings is 1. The lowest BCUT2D eigenvalue weighted by Crippen LogP contribution is -2.35. The molecule has 0 bridgehead atoms. The number of oxazole rings is 1. The predicted octanol–water partition coefficient (Wildman–Crippen LogP) is 1.30. The zero-order valence-corrected chi connectivity index (χ0v) is 11.9. The van der Waals surface area contributed by atoms with E-state index in [9.17, 15) is 9.59 Å². The van der Waals surface area contributed by atoms with Crippen molar-refractivity contribution in [2.24, 2.45) is 5.92 Å². The summed E-state index contributed by atoms with van der Waals surface area (Å²) in [6, 6.07) is 7.42. The summed E-state index contributed by atoms with van der Waals surface area (Å²) in [4.78, 5) is 29.6. The monoisotopic (exact) mass is 297 g/mol. The Morgan fingerprint density at radius 3 is 2.77 bits per heavy atom. The number of hydrogen-bond acceptors (Lipinski definition) is 4. The molecule has 2 aromatic rings. The molecule has 6 nitrogen and oxygen atoms in total. The van der Waals surface area contributed by atoms with Crippen LogP contribution in [-0.2, 0) is 4.79 Å². The molecule has 0 unspecified atom stereocenters.